The van der Waals surface area contributed by atoms with Crippen LogP contribution in [0.5, 0.6) is 0 Å². The molecule has 22 heavy (non-hydrogen) atoms. The molecule has 114 valence electrons. The van der Waals surface area contributed by atoms with E-state index in [2.05, 4.69) is 17.4 Å². The molecule has 1 aliphatic rings. The predicted octanol–water partition coefficient (Wildman–Crippen LogP) is 3.42. The van der Waals surface area contributed by atoms with Gasteiger partial charge in [-0.15, -0.1) is 0 Å². The van der Waals surface area contributed by atoms with Crippen LogP contribution in [0.3, 0.4) is 0 Å². The minimum atomic E-state index is -0.142. The number of hydrogen-bond donors (Lipinski definition) is 2. The van der Waals surface area contributed by atoms with Crippen LogP contribution in [0.2, 0.25) is 0 Å². The van der Waals surface area contributed by atoms with Gasteiger partial charge in [0, 0.05) is 30.2 Å². The highest BCUT2D eigenvalue weighted by atomic mass is 16.5. The molecule has 3 N–H and O–H groups in total. The molecule has 0 bridgehead atoms. The van der Waals surface area contributed by atoms with E-state index in [1.807, 2.05) is 12.1 Å². The van der Waals surface area contributed by atoms with Crippen molar-refractivity contribution in [2.45, 2.75) is 18.8 Å². The number of nitrogens with two attached hydrogens (primary N) is 1. The first-order valence-corrected chi connectivity index (χ1v) is 7.57. The van der Waals surface area contributed by atoms with Crippen molar-refractivity contribution in [2.24, 2.45) is 0 Å². The van der Waals surface area contributed by atoms with E-state index in [4.69, 9.17) is 10.5 Å². The maximum absolute atomic E-state index is 12.3. The monoisotopic (exact) mass is 296 g/mol. The second kappa shape index (κ2) is 6.62. The normalized spacial score (nSPS) is 15.5. The second-order valence-electron chi connectivity index (χ2n) is 5.59. The zero-order valence-electron chi connectivity index (χ0n) is 12.4. The smallest absolute Gasteiger partial charge is 0.255 e. The number of nitrogen functional groups attached to an aromatic ring is 1. The van der Waals surface area contributed by atoms with Crippen LogP contribution in [0.4, 0.5) is 11.4 Å². The van der Waals surface area contributed by atoms with Gasteiger partial charge in [-0.05, 0) is 54.7 Å². The summed E-state index contributed by atoms with van der Waals surface area (Å²) in [4.78, 5) is 12.3. The van der Waals surface area contributed by atoms with Crippen molar-refractivity contribution in [2.75, 3.05) is 24.3 Å². The zero-order valence-corrected chi connectivity index (χ0v) is 12.4. The number of amides is 1. The topological polar surface area (TPSA) is 64.4 Å². The summed E-state index contributed by atoms with van der Waals surface area (Å²) in [6.07, 6.45) is 2.07. The summed E-state index contributed by atoms with van der Waals surface area (Å²) in [6, 6.07) is 15.1. The Bertz CT molecular complexity index is 664. The highest BCUT2D eigenvalue weighted by Crippen LogP contribution is 2.28. The Kier molecular flexibility index (Phi) is 4.39. The van der Waals surface area contributed by atoms with E-state index in [-0.39, 0.29) is 5.91 Å². The van der Waals surface area contributed by atoms with Gasteiger partial charge in [-0.25, -0.2) is 0 Å². The van der Waals surface area contributed by atoms with Gasteiger partial charge < -0.3 is 15.8 Å². The van der Waals surface area contributed by atoms with Gasteiger partial charge in [-0.3, -0.25) is 4.79 Å². The highest BCUT2D eigenvalue weighted by Gasteiger charge is 2.16. The van der Waals surface area contributed by atoms with Crippen molar-refractivity contribution < 1.29 is 9.53 Å². The fourth-order valence-corrected chi connectivity index (χ4v) is 2.78. The Morgan fingerprint density at radius 1 is 1.09 bits per heavy atom. The maximum Gasteiger partial charge on any atom is 0.255 e. The molecule has 2 aromatic carbocycles. The van der Waals surface area contributed by atoms with Crippen LogP contribution in [-0.4, -0.2) is 19.1 Å². The largest absolute Gasteiger partial charge is 0.399 e. The fourth-order valence-electron chi connectivity index (χ4n) is 2.78. The average molecular weight is 296 g/mol. The quantitative estimate of drug-likeness (QED) is 0.853. The lowest BCUT2D eigenvalue weighted by molar-refractivity contribution is 0.0853. The van der Waals surface area contributed by atoms with Crippen LogP contribution in [0.1, 0.15) is 34.7 Å². The third-order valence-electron chi connectivity index (χ3n) is 3.99. The van der Waals surface area contributed by atoms with Crippen molar-refractivity contribution in [1.82, 2.24) is 0 Å². The van der Waals surface area contributed by atoms with E-state index in [1.165, 1.54) is 5.56 Å². The van der Waals surface area contributed by atoms with E-state index < -0.39 is 0 Å². The van der Waals surface area contributed by atoms with Crippen LogP contribution in [0, 0.1) is 0 Å². The molecule has 0 unspecified atom stereocenters. The number of anilines is 2. The first kappa shape index (κ1) is 14.6. The number of carbonyl (C=O) groups is 1. The summed E-state index contributed by atoms with van der Waals surface area (Å²) >= 11 is 0. The Morgan fingerprint density at radius 3 is 2.64 bits per heavy atom. The molecule has 0 atom stereocenters. The van der Waals surface area contributed by atoms with Crippen LogP contribution < -0.4 is 11.1 Å². The van der Waals surface area contributed by atoms with E-state index >= 15 is 0 Å². The molecule has 0 saturated carbocycles. The molecule has 0 aliphatic carbocycles. The minimum absolute atomic E-state index is 0.142. The summed E-state index contributed by atoms with van der Waals surface area (Å²) in [5, 5.41) is 2.94. The van der Waals surface area contributed by atoms with Gasteiger partial charge in [0.15, 0.2) is 0 Å². The van der Waals surface area contributed by atoms with E-state index in [1.54, 1.807) is 24.3 Å². The summed E-state index contributed by atoms with van der Waals surface area (Å²) in [5.74, 6) is 0.370. The molecule has 1 saturated heterocycles. The molecule has 0 aromatic heterocycles. The van der Waals surface area contributed by atoms with Crippen LogP contribution in [-0.2, 0) is 4.74 Å². The Hall–Kier alpha value is -2.33. The van der Waals surface area contributed by atoms with Crippen molar-refractivity contribution in [3.63, 3.8) is 0 Å². The van der Waals surface area contributed by atoms with Gasteiger partial charge in [0.25, 0.3) is 5.91 Å². The van der Waals surface area contributed by atoms with Crippen LogP contribution in [0.15, 0.2) is 48.5 Å². The number of nitrogens with one attached hydrogen (secondary N) is 1. The molecule has 1 fully saturated rings. The van der Waals surface area contributed by atoms with E-state index in [0.717, 1.165) is 31.7 Å². The molecular formula is C18H20N2O2. The molecule has 0 spiro atoms. The SMILES string of the molecule is Nc1cccc(C(=O)Nc2cccc(C3CCOCC3)c2)c1. The van der Waals surface area contributed by atoms with Gasteiger partial charge >= 0.3 is 0 Å². The lowest BCUT2D eigenvalue weighted by atomic mass is 9.91. The minimum Gasteiger partial charge on any atom is -0.399 e. The first-order valence-electron chi connectivity index (χ1n) is 7.57. The summed E-state index contributed by atoms with van der Waals surface area (Å²) < 4.78 is 5.40. The fraction of sp³-hybridized carbons (Fsp3) is 0.278. The summed E-state index contributed by atoms with van der Waals surface area (Å²) in [5.41, 5.74) is 8.95. The predicted molar refractivity (Wildman–Crippen MR) is 88.0 cm³/mol. The molecule has 2 aromatic rings. The second-order valence-corrected chi connectivity index (χ2v) is 5.59. The number of rotatable bonds is 3. The van der Waals surface area contributed by atoms with Gasteiger partial charge in [-0.1, -0.05) is 18.2 Å². The van der Waals surface area contributed by atoms with Crippen molar-refractivity contribution in [3.8, 4) is 0 Å². The van der Waals surface area contributed by atoms with Crippen LogP contribution >= 0.6 is 0 Å². The molecule has 4 heteroatoms. The van der Waals surface area contributed by atoms with E-state index in [0.29, 0.717) is 17.2 Å². The van der Waals surface area contributed by atoms with Gasteiger partial charge in [0.05, 0.1) is 0 Å². The molecule has 1 heterocycles. The number of hydrogen-bond acceptors (Lipinski definition) is 3. The molecule has 4 nitrogen and oxygen atoms in total. The lowest BCUT2D eigenvalue weighted by Crippen LogP contribution is -2.15. The first-order chi connectivity index (χ1) is 10.7. The molecule has 0 radical (unpaired) electrons. The standard InChI is InChI=1S/C18H20N2O2/c19-16-5-1-4-15(11-16)18(21)20-17-6-2-3-14(12-17)13-7-9-22-10-8-13/h1-6,11-13H,7-10,19H2,(H,20,21). The molecule has 1 aliphatic heterocycles. The zero-order chi connectivity index (χ0) is 15.4. The Balaban J connectivity index is 1.73. The van der Waals surface area contributed by atoms with Crippen LogP contribution in [0.25, 0.3) is 0 Å². The molecule has 3 rings (SSSR count). The number of carbonyl (C=O) groups excluding carboxylic acids is 1. The summed E-state index contributed by atoms with van der Waals surface area (Å²) in [6.45, 7) is 1.62. The third kappa shape index (κ3) is 3.46. The number of ether oxygens (including phenoxy) is 1. The van der Waals surface area contributed by atoms with Crippen molar-refractivity contribution in [3.05, 3.63) is 59.7 Å². The Morgan fingerprint density at radius 2 is 1.86 bits per heavy atom. The summed E-state index contributed by atoms with van der Waals surface area (Å²) in [7, 11) is 0. The number of benzene rings is 2. The molecular weight excluding hydrogens is 276 g/mol. The molecule has 1 amide bonds. The van der Waals surface area contributed by atoms with Crippen molar-refractivity contribution >= 4 is 17.3 Å². The van der Waals surface area contributed by atoms with Gasteiger partial charge in [-0.2, -0.15) is 0 Å². The highest BCUT2D eigenvalue weighted by molar-refractivity contribution is 6.04. The Labute approximate surface area is 130 Å². The lowest BCUT2D eigenvalue weighted by Gasteiger charge is -2.22. The van der Waals surface area contributed by atoms with Gasteiger partial charge in [0.2, 0.25) is 0 Å². The average Bonchev–Trinajstić information content (AvgIpc) is 2.56. The van der Waals surface area contributed by atoms with Gasteiger partial charge in [0.1, 0.15) is 0 Å². The maximum atomic E-state index is 12.3. The van der Waals surface area contributed by atoms with E-state index in [9.17, 15) is 4.79 Å². The third-order valence-corrected chi connectivity index (χ3v) is 3.99. The van der Waals surface area contributed by atoms with Crippen molar-refractivity contribution in [1.29, 1.82) is 0 Å².